The third-order valence-electron chi connectivity index (χ3n) is 3.07. The van der Waals surface area contributed by atoms with Gasteiger partial charge in [0.15, 0.2) is 0 Å². The predicted molar refractivity (Wildman–Crippen MR) is 84.3 cm³/mol. The average molecular weight is 395 g/mol. The van der Waals surface area contributed by atoms with Gasteiger partial charge in [-0.1, -0.05) is 6.07 Å². The van der Waals surface area contributed by atoms with Crippen molar-refractivity contribution >= 4 is 43.2 Å². The molecule has 5 heteroatoms. The number of ketones is 1. The molecule has 0 saturated carbocycles. The summed E-state index contributed by atoms with van der Waals surface area (Å²) in [6, 6.07) is 12.7. The highest BCUT2D eigenvalue weighted by Crippen LogP contribution is 2.34. The first-order valence-corrected chi connectivity index (χ1v) is 7.45. The van der Waals surface area contributed by atoms with Crippen molar-refractivity contribution in [1.29, 1.82) is 0 Å². The maximum absolute atomic E-state index is 12.6. The maximum Gasteiger partial charge on any atom is 0.209 e. The summed E-state index contributed by atoms with van der Waals surface area (Å²) in [6.45, 7) is 0. The number of hydrogen-bond acceptors (Lipinski definition) is 2. The summed E-state index contributed by atoms with van der Waals surface area (Å²) in [4.78, 5) is 12.6. The molecule has 3 aromatic rings. The Labute approximate surface area is 132 Å². The molecule has 0 bridgehead atoms. The summed E-state index contributed by atoms with van der Waals surface area (Å²) >= 11 is 6.48. The van der Waals surface area contributed by atoms with Crippen LogP contribution >= 0.6 is 31.9 Å². The normalized spacial score (nSPS) is 10.9. The Hall–Kier alpha value is -1.59. The van der Waals surface area contributed by atoms with Gasteiger partial charge in [-0.15, -0.1) is 0 Å². The highest BCUT2D eigenvalue weighted by Gasteiger charge is 2.16. The van der Waals surface area contributed by atoms with Gasteiger partial charge in [0.25, 0.3) is 0 Å². The molecule has 0 atom stereocenters. The van der Waals surface area contributed by atoms with E-state index in [1.165, 1.54) is 0 Å². The summed E-state index contributed by atoms with van der Waals surface area (Å²) in [5.41, 5.74) is 2.06. The van der Waals surface area contributed by atoms with E-state index >= 15 is 0 Å². The Bertz CT molecular complexity index is 801. The van der Waals surface area contributed by atoms with Crippen LogP contribution in [-0.2, 0) is 0 Å². The quantitative estimate of drug-likeness (QED) is 0.654. The first-order valence-electron chi connectivity index (χ1n) is 5.87. The highest BCUT2D eigenvalue weighted by molar-refractivity contribution is 9.11. The molecule has 0 aliphatic rings. The molecule has 0 fully saturated rings. The number of nitrogens with zero attached hydrogens (tertiary/aromatic N) is 1. The number of fused-ring (bicyclic) bond motifs is 1. The second-order valence-electron chi connectivity index (χ2n) is 4.33. The van der Waals surface area contributed by atoms with Gasteiger partial charge in [0, 0.05) is 17.3 Å². The van der Waals surface area contributed by atoms with Crippen LogP contribution in [0.15, 0.2) is 57.6 Å². The van der Waals surface area contributed by atoms with Gasteiger partial charge in [0.05, 0.1) is 14.6 Å². The molecule has 0 amide bonds. The van der Waals surface area contributed by atoms with E-state index < -0.39 is 0 Å². The van der Waals surface area contributed by atoms with Crippen molar-refractivity contribution in [3.05, 3.63) is 68.9 Å². The van der Waals surface area contributed by atoms with Crippen LogP contribution in [0.5, 0.6) is 5.75 Å². The van der Waals surface area contributed by atoms with Gasteiger partial charge < -0.3 is 9.51 Å². The number of aromatic nitrogens is 1. The van der Waals surface area contributed by atoms with Crippen LogP contribution < -0.4 is 0 Å². The molecule has 3 rings (SSSR count). The first kappa shape index (κ1) is 13.4. The molecule has 0 aliphatic carbocycles. The molecule has 0 unspecified atom stereocenters. The highest BCUT2D eigenvalue weighted by atomic mass is 79.9. The van der Waals surface area contributed by atoms with Crippen LogP contribution in [0.4, 0.5) is 0 Å². The van der Waals surface area contributed by atoms with Gasteiger partial charge >= 0.3 is 0 Å². The third kappa shape index (κ3) is 2.17. The Morgan fingerprint density at radius 3 is 2.45 bits per heavy atom. The van der Waals surface area contributed by atoms with Crippen molar-refractivity contribution in [2.45, 2.75) is 0 Å². The zero-order valence-corrected chi connectivity index (χ0v) is 13.3. The molecule has 0 radical (unpaired) electrons. The van der Waals surface area contributed by atoms with E-state index in [2.05, 4.69) is 31.9 Å². The largest absolute Gasteiger partial charge is 0.506 e. The lowest BCUT2D eigenvalue weighted by Crippen LogP contribution is -2.05. The van der Waals surface area contributed by atoms with Gasteiger partial charge in [-0.25, -0.2) is 0 Å². The van der Waals surface area contributed by atoms with Crippen LogP contribution in [0.2, 0.25) is 0 Å². The van der Waals surface area contributed by atoms with Crippen molar-refractivity contribution in [1.82, 2.24) is 4.40 Å². The Morgan fingerprint density at radius 1 is 1.05 bits per heavy atom. The number of halogens is 2. The minimum Gasteiger partial charge on any atom is -0.506 e. The Balaban J connectivity index is 2.13. The molecular formula is C15H9Br2NO2. The number of benzene rings is 1. The Morgan fingerprint density at radius 2 is 1.75 bits per heavy atom. The monoisotopic (exact) mass is 393 g/mol. The zero-order valence-electron chi connectivity index (χ0n) is 10.2. The molecular weight excluding hydrogens is 386 g/mol. The van der Waals surface area contributed by atoms with Gasteiger partial charge in [-0.2, -0.15) is 0 Å². The Kier molecular flexibility index (Phi) is 3.40. The van der Waals surface area contributed by atoms with Crippen molar-refractivity contribution in [2.75, 3.05) is 0 Å². The maximum atomic E-state index is 12.6. The van der Waals surface area contributed by atoms with E-state index in [0.29, 0.717) is 20.2 Å². The second-order valence-corrected chi connectivity index (χ2v) is 6.04. The molecule has 0 aliphatic heterocycles. The first-order chi connectivity index (χ1) is 9.58. The second kappa shape index (κ2) is 5.07. The number of rotatable bonds is 2. The number of hydrogen-bond donors (Lipinski definition) is 1. The molecule has 1 aromatic carbocycles. The SMILES string of the molecule is O=C(c1cc(Br)c(O)c(Br)c1)c1ccc2ccccn12. The lowest BCUT2D eigenvalue weighted by Gasteiger charge is -2.06. The van der Waals surface area contributed by atoms with E-state index in [4.69, 9.17) is 0 Å². The third-order valence-corrected chi connectivity index (χ3v) is 4.28. The number of phenols is 1. The lowest BCUT2D eigenvalue weighted by atomic mass is 10.1. The van der Waals surface area contributed by atoms with E-state index in [0.717, 1.165) is 5.52 Å². The van der Waals surface area contributed by atoms with Crippen LogP contribution in [0.1, 0.15) is 16.1 Å². The van der Waals surface area contributed by atoms with Crippen LogP contribution in [0, 0.1) is 0 Å². The van der Waals surface area contributed by atoms with Gasteiger partial charge in [0.1, 0.15) is 5.75 Å². The molecule has 3 nitrogen and oxygen atoms in total. The van der Waals surface area contributed by atoms with E-state index in [1.807, 2.05) is 34.9 Å². The summed E-state index contributed by atoms with van der Waals surface area (Å²) in [5.74, 6) is -0.0147. The summed E-state index contributed by atoms with van der Waals surface area (Å²) in [7, 11) is 0. The van der Waals surface area contributed by atoms with E-state index in [9.17, 15) is 9.90 Å². The number of phenolic OH excluding ortho intramolecular Hbond substituents is 1. The summed E-state index contributed by atoms with van der Waals surface area (Å²) in [6.07, 6.45) is 1.85. The standard InChI is InChI=1S/C15H9Br2NO2/c16-11-7-9(8-12(17)15(11)20)14(19)13-5-4-10-3-1-2-6-18(10)13/h1-8,20H. The molecule has 100 valence electrons. The molecule has 20 heavy (non-hydrogen) atoms. The van der Waals surface area contributed by atoms with Gasteiger partial charge in [-0.3, -0.25) is 4.79 Å². The number of carbonyl (C=O) groups is 1. The van der Waals surface area contributed by atoms with Crippen molar-refractivity contribution in [3.63, 3.8) is 0 Å². The van der Waals surface area contributed by atoms with E-state index in [1.54, 1.807) is 18.2 Å². The lowest BCUT2D eigenvalue weighted by molar-refractivity contribution is 0.103. The minimum absolute atomic E-state index is 0.0848. The molecule has 0 saturated heterocycles. The predicted octanol–water partition coefficient (Wildman–Crippen LogP) is 4.40. The minimum atomic E-state index is -0.0994. The summed E-state index contributed by atoms with van der Waals surface area (Å²) in [5, 5.41) is 9.70. The van der Waals surface area contributed by atoms with Crippen LogP contribution in [-0.4, -0.2) is 15.3 Å². The number of aromatic hydroxyl groups is 1. The molecule has 1 N–H and O–H groups in total. The van der Waals surface area contributed by atoms with Crippen molar-refractivity contribution in [3.8, 4) is 5.75 Å². The zero-order chi connectivity index (χ0) is 14.3. The van der Waals surface area contributed by atoms with Crippen LogP contribution in [0.3, 0.4) is 0 Å². The fourth-order valence-corrected chi connectivity index (χ4v) is 3.27. The molecule has 2 aromatic heterocycles. The number of carbonyl (C=O) groups excluding carboxylic acids is 1. The number of pyridine rings is 1. The van der Waals surface area contributed by atoms with Gasteiger partial charge in [-0.05, 0) is 68.3 Å². The fourth-order valence-electron chi connectivity index (χ4n) is 2.09. The molecule has 0 spiro atoms. The molecule has 2 heterocycles. The fraction of sp³-hybridized carbons (Fsp3) is 0. The average Bonchev–Trinajstić information content (AvgIpc) is 2.87. The van der Waals surface area contributed by atoms with Crippen LogP contribution in [0.25, 0.3) is 5.52 Å². The van der Waals surface area contributed by atoms with Crippen molar-refractivity contribution < 1.29 is 9.90 Å². The van der Waals surface area contributed by atoms with Crippen molar-refractivity contribution in [2.24, 2.45) is 0 Å². The summed E-state index contributed by atoms with van der Waals surface area (Å²) < 4.78 is 2.81. The topological polar surface area (TPSA) is 41.7 Å². The van der Waals surface area contributed by atoms with E-state index in [-0.39, 0.29) is 11.5 Å². The smallest absolute Gasteiger partial charge is 0.209 e. The van der Waals surface area contributed by atoms with Gasteiger partial charge in [0.2, 0.25) is 5.78 Å².